The molecule has 7 heteroatoms. The SMILES string of the molecule is CCC(CC)N(CCBr)S(=O)(=O)c1ccc(Cl)s1. The Hall–Kier alpha value is 0.380. The van der Waals surface area contributed by atoms with Crippen molar-refractivity contribution in [2.75, 3.05) is 11.9 Å². The first-order chi connectivity index (χ1) is 8.47. The number of rotatable bonds is 7. The molecule has 0 aliphatic heterocycles. The first-order valence-corrected chi connectivity index (χ1v) is 9.56. The van der Waals surface area contributed by atoms with Gasteiger partial charge in [-0.2, -0.15) is 4.31 Å². The molecule has 0 aliphatic carbocycles. The molecule has 1 heterocycles. The Bertz CT molecular complexity index is 471. The molecule has 0 saturated carbocycles. The van der Waals surface area contributed by atoms with Gasteiger partial charge >= 0.3 is 0 Å². The van der Waals surface area contributed by atoms with E-state index in [0.29, 0.717) is 20.4 Å². The molecule has 0 fully saturated rings. The molecule has 18 heavy (non-hydrogen) atoms. The molecule has 0 bridgehead atoms. The summed E-state index contributed by atoms with van der Waals surface area (Å²) in [6.07, 6.45) is 1.61. The van der Waals surface area contributed by atoms with Gasteiger partial charge in [0.1, 0.15) is 4.21 Å². The van der Waals surface area contributed by atoms with Crippen LogP contribution in [0, 0.1) is 0 Å². The van der Waals surface area contributed by atoms with E-state index in [1.807, 2.05) is 13.8 Å². The highest BCUT2D eigenvalue weighted by molar-refractivity contribution is 9.09. The molecule has 3 nitrogen and oxygen atoms in total. The standard InChI is InChI=1S/C11H17BrClNO2S2/c1-3-9(4-2)14(8-7-12)18(15,16)11-6-5-10(13)17-11/h5-6,9H,3-4,7-8H2,1-2H3. The van der Waals surface area contributed by atoms with Gasteiger partial charge in [-0.1, -0.05) is 41.4 Å². The molecule has 104 valence electrons. The van der Waals surface area contributed by atoms with E-state index in [0.717, 1.165) is 24.2 Å². The van der Waals surface area contributed by atoms with E-state index >= 15 is 0 Å². The summed E-state index contributed by atoms with van der Waals surface area (Å²) >= 11 is 10.2. The fourth-order valence-electron chi connectivity index (χ4n) is 1.83. The zero-order chi connectivity index (χ0) is 13.8. The Kier molecular flexibility index (Phi) is 6.61. The predicted octanol–water partition coefficient (Wildman–Crippen LogP) is 3.98. The zero-order valence-corrected chi connectivity index (χ0v) is 14.4. The van der Waals surface area contributed by atoms with Crippen LogP contribution in [-0.2, 0) is 10.0 Å². The molecule has 0 aliphatic rings. The Morgan fingerprint density at radius 1 is 1.39 bits per heavy atom. The van der Waals surface area contributed by atoms with Gasteiger partial charge in [-0.3, -0.25) is 0 Å². The molecule has 0 amide bonds. The van der Waals surface area contributed by atoms with Gasteiger partial charge in [-0.15, -0.1) is 11.3 Å². The lowest BCUT2D eigenvalue weighted by Crippen LogP contribution is -2.40. The van der Waals surface area contributed by atoms with Gasteiger partial charge in [0.15, 0.2) is 0 Å². The van der Waals surface area contributed by atoms with E-state index in [-0.39, 0.29) is 6.04 Å². The Morgan fingerprint density at radius 3 is 2.39 bits per heavy atom. The van der Waals surface area contributed by atoms with Gasteiger partial charge in [0.2, 0.25) is 0 Å². The Morgan fingerprint density at radius 2 is 2.00 bits per heavy atom. The largest absolute Gasteiger partial charge is 0.252 e. The highest BCUT2D eigenvalue weighted by Gasteiger charge is 2.30. The van der Waals surface area contributed by atoms with Crippen molar-refractivity contribution in [2.24, 2.45) is 0 Å². The summed E-state index contributed by atoms with van der Waals surface area (Å²) in [5.41, 5.74) is 0. The summed E-state index contributed by atoms with van der Waals surface area (Å²) in [7, 11) is -3.43. The molecule has 1 aromatic heterocycles. The topological polar surface area (TPSA) is 37.4 Å². The second-order valence-corrected chi connectivity index (χ2v) is 8.46. The molecular formula is C11H17BrClNO2S2. The summed E-state index contributed by atoms with van der Waals surface area (Å²) in [5.74, 6) is 0. The number of halogens is 2. The average molecular weight is 375 g/mol. The van der Waals surface area contributed by atoms with Crippen LogP contribution in [0.25, 0.3) is 0 Å². The summed E-state index contributed by atoms with van der Waals surface area (Å²) in [4.78, 5) is 0. The highest BCUT2D eigenvalue weighted by Crippen LogP contribution is 2.30. The third kappa shape index (κ3) is 3.70. The second-order valence-electron chi connectivity index (χ2n) is 3.83. The summed E-state index contributed by atoms with van der Waals surface area (Å²) in [6, 6.07) is 3.23. The summed E-state index contributed by atoms with van der Waals surface area (Å²) in [5, 5.41) is 0.627. The van der Waals surface area contributed by atoms with Crippen molar-refractivity contribution < 1.29 is 8.42 Å². The van der Waals surface area contributed by atoms with Crippen LogP contribution in [0.4, 0.5) is 0 Å². The van der Waals surface area contributed by atoms with Crippen LogP contribution in [0.1, 0.15) is 26.7 Å². The van der Waals surface area contributed by atoms with Crippen LogP contribution < -0.4 is 0 Å². The predicted molar refractivity (Wildman–Crippen MR) is 81.4 cm³/mol. The molecule has 1 aromatic rings. The maximum atomic E-state index is 12.6. The third-order valence-electron chi connectivity index (χ3n) is 2.77. The number of thiophene rings is 1. The van der Waals surface area contributed by atoms with E-state index in [1.54, 1.807) is 16.4 Å². The smallest absolute Gasteiger partial charge is 0.206 e. The van der Waals surface area contributed by atoms with Crippen molar-refractivity contribution in [2.45, 2.75) is 36.9 Å². The minimum absolute atomic E-state index is 0.0356. The van der Waals surface area contributed by atoms with E-state index in [4.69, 9.17) is 11.6 Å². The van der Waals surface area contributed by atoms with Crippen molar-refractivity contribution in [3.63, 3.8) is 0 Å². The Labute approximate surface area is 126 Å². The van der Waals surface area contributed by atoms with Gasteiger partial charge in [-0.25, -0.2) is 8.42 Å². The summed E-state index contributed by atoms with van der Waals surface area (Å²) < 4.78 is 27.5. The second kappa shape index (κ2) is 7.24. The first-order valence-electron chi connectivity index (χ1n) is 5.80. The normalized spacial score (nSPS) is 12.6. The maximum Gasteiger partial charge on any atom is 0.252 e. The van der Waals surface area contributed by atoms with Crippen LogP contribution in [0.15, 0.2) is 16.3 Å². The molecule has 0 atom stereocenters. The highest BCUT2D eigenvalue weighted by atomic mass is 79.9. The van der Waals surface area contributed by atoms with E-state index in [2.05, 4.69) is 15.9 Å². The van der Waals surface area contributed by atoms with Crippen LogP contribution in [0.3, 0.4) is 0 Å². The Balaban J connectivity index is 3.11. The molecular weight excluding hydrogens is 358 g/mol. The fourth-order valence-corrected chi connectivity index (χ4v) is 5.83. The van der Waals surface area contributed by atoms with Gasteiger partial charge in [-0.05, 0) is 25.0 Å². The molecule has 0 saturated heterocycles. The van der Waals surface area contributed by atoms with Gasteiger partial charge in [0.05, 0.1) is 4.34 Å². The summed E-state index contributed by atoms with van der Waals surface area (Å²) in [6.45, 7) is 4.49. The van der Waals surface area contributed by atoms with Crippen molar-refractivity contribution in [3.05, 3.63) is 16.5 Å². The maximum absolute atomic E-state index is 12.6. The average Bonchev–Trinajstić information content (AvgIpc) is 2.77. The molecule has 0 N–H and O–H groups in total. The minimum Gasteiger partial charge on any atom is -0.206 e. The van der Waals surface area contributed by atoms with Crippen LogP contribution >= 0.6 is 38.9 Å². The molecule has 0 spiro atoms. The molecule has 1 rings (SSSR count). The minimum atomic E-state index is -3.43. The molecule has 0 radical (unpaired) electrons. The van der Waals surface area contributed by atoms with Crippen molar-refractivity contribution >= 4 is 48.9 Å². The molecule has 0 unspecified atom stereocenters. The molecule has 0 aromatic carbocycles. The monoisotopic (exact) mass is 373 g/mol. The van der Waals surface area contributed by atoms with E-state index < -0.39 is 10.0 Å². The number of sulfonamides is 1. The number of nitrogens with zero attached hydrogens (tertiary/aromatic N) is 1. The third-order valence-corrected chi connectivity index (χ3v) is 6.77. The lowest BCUT2D eigenvalue weighted by molar-refractivity contribution is 0.318. The van der Waals surface area contributed by atoms with E-state index in [9.17, 15) is 8.42 Å². The van der Waals surface area contributed by atoms with Crippen LogP contribution in [0.2, 0.25) is 4.34 Å². The number of hydrogen-bond donors (Lipinski definition) is 0. The lowest BCUT2D eigenvalue weighted by Gasteiger charge is -2.28. The number of alkyl halides is 1. The van der Waals surface area contributed by atoms with Crippen LogP contribution in [0.5, 0.6) is 0 Å². The van der Waals surface area contributed by atoms with E-state index in [1.165, 1.54) is 0 Å². The van der Waals surface area contributed by atoms with Gasteiger partial charge in [0, 0.05) is 17.9 Å². The number of hydrogen-bond acceptors (Lipinski definition) is 3. The van der Waals surface area contributed by atoms with Gasteiger partial charge in [0.25, 0.3) is 10.0 Å². The lowest BCUT2D eigenvalue weighted by atomic mass is 10.2. The van der Waals surface area contributed by atoms with Crippen molar-refractivity contribution in [1.82, 2.24) is 4.31 Å². The van der Waals surface area contributed by atoms with Crippen molar-refractivity contribution in [3.8, 4) is 0 Å². The van der Waals surface area contributed by atoms with Gasteiger partial charge < -0.3 is 0 Å². The zero-order valence-electron chi connectivity index (χ0n) is 10.4. The van der Waals surface area contributed by atoms with Crippen molar-refractivity contribution in [1.29, 1.82) is 0 Å². The first kappa shape index (κ1) is 16.4. The fraction of sp³-hybridized carbons (Fsp3) is 0.636. The quantitative estimate of drug-likeness (QED) is 0.677. The van der Waals surface area contributed by atoms with Crippen LogP contribution in [-0.4, -0.2) is 30.6 Å².